The predicted octanol–water partition coefficient (Wildman–Crippen LogP) is 7.80. The fourth-order valence-corrected chi connectivity index (χ4v) is 4.69. The van der Waals surface area contributed by atoms with Gasteiger partial charge in [-0.05, 0) is 71.3 Å². The molecule has 1 aliphatic rings. The van der Waals surface area contributed by atoms with Crippen molar-refractivity contribution in [1.82, 2.24) is 0 Å². The summed E-state index contributed by atoms with van der Waals surface area (Å²) in [4.78, 5) is 11.7. The lowest BCUT2D eigenvalue weighted by atomic mass is 9.63. The highest BCUT2D eigenvalue weighted by molar-refractivity contribution is 5.78. The van der Waals surface area contributed by atoms with Gasteiger partial charge in [0.25, 0.3) is 0 Å². The molecule has 5 heteroatoms. The highest BCUT2D eigenvalue weighted by Gasteiger charge is 2.37. The molecule has 33 heavy (non-hydrogen) atoms. The van der Waals surface area contributed by atoms with Crippen LogP contribution < -0.4 is 0 Å². The third kappa shape index (κ3) is 5.87. The molecular formula is C28H33F3O2. The number of unbranched alkanes of at least 4 members (excludes halogenated alkanes) is 1. The number of aliphatic carboxylic acids is 1. The van der Waals surface area contributed by atoms with Crippen LogP contribution in [0, 0.1) is 0 Å². The Bertz CT molecular complexity index is 1030. The summed E-state index contributed by atoms with van der Waals surface area (Å²) in [5, 5.41) is 9.53. The fourth-order valence-electron chi connectivity index (χ4n) is 4.69. The number of benzene rings is 2. The second-order valence-corrected chi connectivity index (χ2v) is 10.4. The summed E-state index contributed by atoms with van der Waals surface area (Å²) in [6.45, 7) is 9.20. The molecule has 0 bridgehead atoms. The van der Waals surface area contributed by atoms with Crippen LogP contribution in [0.25, 0.3) is 0 Å². The molecule has 178 valence electrons. The standard InChI is InChI=1S/C28H33F3O2/c1-26(2)15-16-27(3,4)24-17-19(13-14-23(24)26)9-6-5-7-12-22(25(32)33)20-10-8-11-21(18-20)28(29,30)31/h7-8,10-14,17-18,22H,5-6,9,15-16H2,1-4H3,(H,32,33)/b12-7-. The largest absolute Gasteiger partial charge is 0.481 e. The first kappa shape index (κ1) is 25.1. The lowest BCUT2D eigenvalue weighted by Gasteiger charge is -2.42. The van der Waals surface area contributed by atoms with Crippen molar-refractivity contribution in [2.45, 2.75) is 82.7 Å². The zero-order valence-electron chi connectivity index (χ0n) is 19.8. The Morgan fingerprint density at radius 3 is 2.33 bits per heavy atom. The van der Waals surface area contributed by atoms with E-state index in [9.17, 15) is 23.1 Å². The minimum Gasteiger partial charge on any atom is -0.481 e. The van der Waals surface area contributed by atoms with Gasteiger partial charge in [-0.15, -0.1) is 0 Å². The van der Waals surface area contributed by atoms with Crippen LogP contribution in [0.15, 0.2) is 54.6 Å². The molecule has 0 amide bonds. The van der Waals surface area contributed by atoms with Crippen LogP contribution in [-0.4, -0.2) is 11.1 Å². The first-order valence-corrected chi connectivity index (χ1v) is 11.5. The maximum Gasteiger partial charge on any atom is 0.416 e. The fraction of sp³-hybridized carbons (Fsp3) is 0.464. The number of aryl methyl sites for hydroxylation is 1. The van der Waals surface area contributed by atoms with Gasteiger partial charge >= 0.3 is 12.1 Å². The van der Waals surface area contributed by atoms with E-state index in [1.54, 1.807) is 6.08 Å². The zero-order valence-corrected chi connectivity index (χ0v) is 19.8. The number of alkyl halides is 3. The third-order valence-electron chi connectivity index (χ3n) is 6.92. The van der Waals surface area contributed by atoms with E-state index in [0.717, 1.165) is 31.4 Å². The van der Waals surface area contributed by atoms with Crippen molar-refractivity contribution in [3.05, 3.63) is 82.4 Å². The normalized spacial score (nSPS) is 18.2. The Hall–Kier alpha value is -2.56. The summed E-state index contributed by atoms with van der Waals surface area (Å²) in [5.41, 5.74) is 3.74. The quantitative estimate of drug-likeness (QED) is 0.339. The molecule has 3 rings (SSSR count). The van der Waals surface area contributed by atoms with Crippen LogP contribution in [0.1, 0.15) is 87.1 Å². The summed E-state index contributed by atoms with van der Waals surface area (Å²) >= 11 is 0. The van der Waals surface area contributed by atoms with Crippen LogP contribution in [0.5, 0.6) is 0 Å². The first-order chi connectivity index (χ1) is 15.3. The van der Waals surface area contributed by atoms with Crippen molar-refractivity contribution < 1.29 is 23.1 Å². The smallest absolute Gasteiger partial charge is 0.416 e. The number of halogens is 3. The lowest BCUT2D eigenvalue weighted by Crippen LogP contribution is -2.33. The number of carboxylic acids is 1. The van der Waals surface area contributed by atoms with Gasteiger partial charge in [0.05, 0.1) is 11.5 Å². The molecular weight excluding hydrogens is 425 g/mol. The van der Waals surface area contributed by atoms with E-state index in [-0.39, 0.29) is 16.4 Å². The minimum atomic E-state index is -4.50. The lowest BCUT2D eigenvalue weighted by molar-refractivity contribution is -0.139. The SMILES string of the molecule is CC1(C)CCC(C)(C)c2cc(CCC/C=C\C(C(=O)O)c3cccc(C(F)(F)F)c3)ccc21. The molecule has 1 atom stereocenters. The number of carboxylic acid groups (broad SMARTS) is 1. The molecule has 1 unspecified atom stereocenters. The van der Waals surface area contributed by atoms with Gasteiger partial charge in [0, 0.05) is 0 Å². The zero-order chi connectivity index (χ0) is 24.4. The van der Waals surface area contributed by atoms with Crippen LogP contribution in [0.2, 0.25) is 0 Å². The monoisotopic (exact) mass is 458 g/mol. The van der Waals surface area contributed by atoms with E-state index >= 15 is 0 Å². The molecule has 0 aromatic heterocycles. The Kier molecular flexibility index (Phi) is 7.11. The molecule has 0 aliphatic heterocycles. The third-order valence-corrected chi connectivity index (χ3v) is 6.92. The van der Waals surface area contributed by atoms with Crippen molar-refractivity contribution in [2.75, 3.05) is 0 Å². The van der Waals surface area contributed by atoms with Crippen LogP contribution in [0.4, 0.5) is 13.2 Å². The summed E-state index contributed by atoms with van der Waals surface area (Å²) in [6, 6.07) is 11.3. The Morgan fingerprint density at radius 2 is 1.70 bits per heavy atom. The Morgan fingerprint density at radius 1 is 1.03 bits per heavy atom. The van der Waals surface area contributed by atoms with Crippen molar-refractivity contribution >= 4 is 5.97 Å². The summed E-state index contributed by atoms with van der Waals surface area (Å²) in [6.07, 6.45) is 3.47. The van der Waals surface area contributed by atoms with E-state index in [0.29, 0.717) is 6.42 Å². The second-order valence-electron chi connectivity index (χ2n) is 10.4. The van der Waals surface area contributed by atoms with Crippen LogP contribution in [-0.2, 0) is 28.2 Å². The summed E-state index contributed by atoms with van der Waals surface area (Å²) in [7, 11) is 0. The molecule has 0 radical (unpaired) electrons. The Balaban J connectivity index is 1.65. The topological polar surface area (TPSA) is 37.3 Å². The maximum atomic E-state index is 13.0. The number of fused-ring (bicyclic) bond motifs is 1. The number of rotatable bonds is 7. The van der Waals surface area contributed by atoms with Gasteiger partial charge in [-0.2, -0.15) is 13.2 Å². The molecule has 2 aromatic rings. The second kappa shape index (κ2) is 9.36. The number of allylic oxidation sites excluding steroid dienone is 1. The van der Waals surface area contributed by atoms with E-state index in [2.05, 4.69) is 45.9 Å². The molecule has 2 aromatic carbocycles. The molecule has 1 N–H and O–H groups in total. The average molecular weight is 459 g/mol. The molecule has 1 aliphatic carbocycles. The van der Waals surface area contributed by atoms with Gasteiger partial charge in [0.1, 0.15) is 0 Å². The molecule has 2 nitrogen and oxygen atoms in total. The van der Waals surface area contributed by atoms with Crippen molar-refractivity contribution in [3.63, 3.8) is 0 Å². The van der Waals surface area contributed by atoms with Crippen molar-refractivity contribution in [1.29, 1.82) is 0 Å². The minimum absolute atomic E-state index is 0.133. The van der Waals surface area contributed by atoms with E-state index < -0.39 is 23.6 Å². The van der Waals surface area contributed by atoms with E-state index in [4.69, 9.17) is 0 Å². The van der Waals surface area contributed by atoms with Gasteiger partial charge in [0.15, 0.2) is 0 Å². The highest BCUT2D eigenvalue weighted by atomic mass is 19.4. The van der Waals surface area contributed by atoms with Crippen molar-refractivity contribution in [3.8, 4) is 0 Å². The number of carbonyl (C=O) groups is 1. The van der Waals surface area contributed by atoms with Crippen LogP contribution >= 0.6 is 0 Å². The molecule has 0 saturated heterocycles. The molecule has 0 heterocycles. The van der Waals surface area contributed by atoms with Crippen LogP contribution in [0.3, 0.4) is 0 Å². The van der Waals surface area contributed by atoms with Crippen molar-refractivity contribution in [2.24, 2.45) is 0 Å². The van der Waals surface area contributed by atoms with E-state index in [1.165, 1.54) is 41.3 Å². The Labute approximate surface area is 194 Å². The molecule has 0 fully saturated rings. The van der Waals surface area contributed by atoms with E-state index in [1.807, 2.05) is 0 Å². The van der Waals surface area contributed by atoms with Gasteiger partial charge in [-0.25, -0.2) is 0 Å². The number of hydrogen-bond donors (Lipinski definition) is 1. The molecule has 0 spiro atoms. The van der Waals surface area contributed by atoms with Gasteiger partial charge in [-0.1, -0.05) is 76.2 Å². The summed E-state index contributed by atoms with van der Waals surface area (Å²) in [5.74, 6) is -2.26. The average Bonchev–Trinajstić information content (AvgIpc) is 2.73. The van der Waals surface area contributed by atoms with Gasteiger partial charge < -0.3 is 5.11 Å². The highest BCUT2D eigenvalue weighted by Crippen LogP contribution is 2.46. The first-order valence-electron chi connectivity index (χ1n) is 11.5. The number of hydrogen-bond acceptors (Lipinski definition) is 1. The molecule has 0 saturated carbocycles. The maximum absolute atomic E-state index is 13.0. The summed E-state index contributed by atoms with van der Waals surface area (Å²) < 4.78 is 38.9. The predicted molar refractivity (Wildman–Crippen MR) is 126 cm³/mol. The van der Waals surface area contributed by atoms with Gasteiger partial charge in [-0.3, -0.25) is 4.79 Å². The van der Waals surface area contributed by atoms with Gasteiger partial charge in [0.2, 0.25) is 0 Å².